The highest BCUT2D eigenvalue weighted by molar-refractivity contribution is 6.58. The van der Waals surface area contributed by atoms with Crippen LogP contribution in [0, 0.1) is 11.7 Å². The van der Waals surface area contributed by atoms with Crippen molar-refractivity contribution in [1.82, 2.24) is 4.90 Å². The Kier molecular flexibility index (Phi) is 5.79. The van der Waals surface area contributed by atoms with Crippen molar-refractivity contribution in [2.45, 2.75) is 51.6 Å². The highest BCUT2D eigenvalue weighted by Gasteiger charge is 2.23. The predicted molar refractivity (Wildman–Crippen MR) is 83.7 cm³/mol. The van der Waals surface area contributed by atoms with Crippen molar-refractivity contribution in [3.05, 3.63) is 29.6 Å². The minimum atomic E-state index is -1.62. The van der Waals surface area contributed by atoms with E-state index in [2.05, 4.69) is 11.8 Å². The lowest BCUT2D eigenvalue weighted by molar-refractivity contribution is 0.156. The van der Waals surface area contributed by atoms with Crippen LogP contribution < -0.4 is 5.46 Å². The number of hydrogen-bond donors (Lipinski definition) is 2. The Balaban J connectivity index is 1.95. The molecule has 0 bridgehead atoms. The van der Waals surface area contributed by atoms with Gasteiger partial charge in [0, 0.05) is 18.2 Å². The van der Waals surface area contributed by atoms with Crippen molar-refractivity contribution >= 4 is 12.6 Å². The van der Waals surface area contributed by atoms with Crippen molar-refractivity contribution in [3.63, 3.8) is 0 Å². The first-order chi connectivity index (χ1) is 10.0. The molecule has 2 rings (SSSR count). The van der Waals surface area contributed by atoms with Gasteiger partial charge < -0.3 is 10.0 Å². The molecule has 1 aliphatic carbocycles. The maximum absolute atomic E-state index is 14.0. The molecule has 1 saturated carbocycles. The molecule has 0 atom stereocenters. The van der Waals surface area contributed by atoms with Crippen LogP contribution in [0.2, 0.25) is 0 Å². The minimum absolute atomic E-state index is 0.197. The van der Waals surface area contributed by atoms with Crippen LogP contribution in [-0.4, -0.2) is 35.2 Å². The van der Waals surface area contributed by atoms with Crippen molar-refractivity contribution < 1.29 is 14.4 Å². The summed E-state index contributed by atoms with van der Waals surface area (Å²) in [5.74, 6) is 0.492. The van der Waals surface area contributed by atoms with Crippen LogP contribution in [0.1, 0.15) is 44.6 Å². The van der Waals surface area contributed by atoms with E-state index in [9.17, 15) is 4.39 Å². The van der Waals surface area contributed by atoms with E-state index in [1.165, 1.54) is 38.2 Å². The van der Waals surface area contributed by atoms with E-state index in [0.29, 0.717) is 18.2 Å². The molecule has 0 aromatic heterocycles. The van der Waals surface area contributed by atoms with Gasteiger partial charge in [-0.15, -0.1) is 0 Å². The Morgan fingerprint density at radius 2 is 1.90 bits per heavy atom. The molecule has 5 heteroatoms. The SMILES string of the molecule is CCC1CCC(N(C)Cc2ccc(B(O)O)cc2F)CC1. The Labute approximate surface area is 126 Å². The Hall–Kier alpha value is -0.905. The van der Waals surface area contributed by atoms with Crippen LogP contribution in [0.4, 0.5) is 4.39 Å². The molecule has 0 unspecified atom stereocenters. The zero-order valence-electron chi connectivity index (χ0n) is 12.9. The average molecular weight is 293 g/mol. The zero-order chi connectivity index (χ0) is 15.4. The largest absolute Gasteiger partial charge is 0.488 e. The monoisotopic (exact) mass is 293 g/mol. The van der Waals surface area contributed by atoms with Gasteiger partial charge in [0.1, 0.15) is 5.82 Å². The summed E-state index contributed by atoms with van der Waals surface area (Å²) in [5.41, 5.74) is 0.807. The average Bonchev–Trinajstić information content (AvgIpc) is 2.49. The lowest BCUT2D eigenvalue weighted by atomic mass is 9.80. The molecule has 0 saturated heterocycles. The molecule has 1 aromatic rings. The van der Waals surface area contributed by atoms with Gasteiger partial charge in [-0.1, -0.05) is 25.5 Å². The summed E-state index contributed by atoms with van der Waals surface area (Å²) in [5, 5.41) is 18.1. The number of hydrogen-bond acceptors (Lipinski definition) is 3. The van der Waals surface area contributed by atoms with Crippen LogP contribution in [0.3, 0.4) is 0 Å². The first-order valence-corrected chi connectivity index (χ1v) is 7.86. The van der Waals surface area contributed by atoms with Gasteiger partial charge in [-0.2, -0.15) is 0 Å². The fourth-order valence-electron chi connectivity index (χ4n) is 3.24. The summed E-state index contributed by atoms with van der Waals surface area (Å²) in [4.78, 5) is 2.22. The normalized spacial score (nSPS) is 22.6. The Morgan fingerprint density at radius 3 is 2.43 bits per heavy atom. The van der Waals surface area contributed by atoms with Gasteiger partial charge in [0.05, 0.1) is 0 Å². The smallest absolute Gasteiger partial charge is 0.423 e. The molecule has 1 fully saturated rings. The molecule has 0 spiro atoms. The van der Waals surface area contributed by atoms with E-state index in [1.807, 2.05) is 7.05 Å². The van der Waals surface area contributed by atoms with Crippen molar-refractivity contribution in [2.75, 3.05) is 7.05 Å². The number of nitrogens with zero attached hydrogens (tertiary/aromatic N) is 1. The van der Waals surface area contributed by atoms with Crippen LogP contribution in [0.15, 0.2) is 18.2 Å². The standard InChI is InChI=1S/C16H25BFNO2/c1-3-12-4-8-15(9-5-12)19(2)11-13-6-7-14(17(20)21)10-16(13)18/h6-7,10,12,15,20-21H,3-5,8-9,11H2,1-2H3. The maximum Gasteiger partial charge on any atom is 0.488 e. The maximum atomic E-state index is 14.0. The van der Waals surface area contributed by atoms with Gasteiger partial charge in [-0.25, -0.2) is 4.39 Å². The van der Waals surface area contributed by atoms with Gasteiger partial charge in [0.2, 0.25) is 0 Å². The molecule has 3 nitrogen and oxygen atoms in total. The molecule has 2 N–H and O–H groups in total. The van der Waals surface area contributed by atoms with E-state index < -0.39 is 7.12 Å². The molecule has 116 valence electrons. The lowest BCUT2D eigenvalue weighted by Gasteiger charge is -2.34. The summed E-state index contributed by atoms with van der Waals surface area (Å²) in [6.07, 6.45) is 6.16. The second-order valence-corrected chi connectivity index (χ2v) is 6.22. The van der Waals surface area contributed by atoms with Crippen LogP contribution in [0.25, 0.3) is 0 Å². The minimum Gasteiger partial charge on any atom is -0.423 e. The van der Waals surface area contributed by atoms with Crippen LogP contribution in [0.5, 0.6) is 0 Å². The van der Waals surface area contributed by atoms with Crippen molar-refractivity contribution in [1.29, 1.82) is 0 Å². The summed E-state index contributed by atoms with van der Waals surface area (Å²) >= 11 is 0. The molecule has 1 aromatic carbocycles. The Morgan fingerprint density at radius 1 is 1.24 bits per heavy atom. The first-order valence-electron chi connectivity index (χ1n) is 7.86. The number of rotatable bonds is 5. The summed E-state index contributed by atoms with van der Waals surface area (Å²) in [7, 11) is 0.432. The second kappa shape index (κ2) is 7.39. The van der Waals surface area contributed by atoms with E-state index in [1.54, 1.807) is 12.1 Å². The molecule has 0 amide bonds. The molecular weight excluding hydrogens is 268 g/mol. The second-order valence-electron chi connectivity index (χ2n) is 6.22. The zero-order valence-corrected chi connectivity index (χ0v) is 12.9. The van der Waals surface area contributed by atoms with E-state index in [4.69, 9.17) is 10.0 Å². The van der Waals surface area contributed by atoms with Gasteiger partial charge in [0.25, 0.3) is 0 Å². The summed E-state index contributed by atoms with van der Waals surface area (Å²) in [6.45, 7) is 2.82. The fraction of sp³-hybridized carbons (Fsp3) is 0.625. The van der Waals surface area contributed by atoms with E-state index in [-0.39, 0.29) is 11.3 Å². The Bertz CT molecular complexity index is 462. The lowest BCUT2D eigenvalue weighted by Crippen LogP contribution is -2.35. The van der Waals surface area contributed by atoms with E-state index >= 15 is 0 Å². The van der Waals surface area contributed by atoms with Gasteiger partial charge in [-0.3, -0.25) is 4.90 Å². The molecule has 0 heterocycles. The van der Waals surface area contributed by atoms with Gasteiger partial charge >= 0.3 is 7.12 Å². The van der Waals surface area contributed by atoms with Crippen LogP contribution >= 0.6 is 0 Å². The van der Waals surface area contributed by atoms with Gasteiger partial charge in [0.15, 0.2) is 0 Å². The highest BCUT2D eigenvalue weighted by atomic mass is 19.1. The quantitative estimate of drug-likeness (QED) is 0.815. The third-order valence-electron chi connectivity index (χ3n) is 4.81. The topological polar surface area (TPSA) is 43.7 Å². The molecule has 0 radical (unpaired) electrons. The summed E-state index contributed by atoms with van der Waals surface area (Å²) < 4.78 is 14.0. The third-order valence-corrected chi connectivity index (χ3v) is 4.81. The van der Waals surface area contributed by atoms with Crippen LogP contribution in [-0.2, 0) is 6.54 Å². The highest BCUT2D eigenvalue weighted by Crippen LogP contribution is 2.29. The molecule has 0 aliphatic heterocycles. The molecule has 21 heavy (non-hydrogen) atoms. The third kappa shape index (κ3) is 4.28. The number of halogens is 1. The van der Waals surface area contributed by atoms with Gasteiger partial charge in [-0.05, 0) is 50.2 Å². The van der Waals surface area contributed by atoms with E-state index in [0.717, 1.165) is 5.92 Å². The molecule has 1 aliphatic rings. The number of benzene rings is 1. The predicted octanol–water partition coefficient (Wildman–Crippen LogP) is 1.91. The fourth-order valence-corrected chi connectivity index (χ4v) is 3.24. The van der Waals surface area contributed by atoms with Crippen molar-refractivity contribution in [2.24, 2.45) is 5.92 Å². The summed E-state index contributed by atoms with van der Waals surface area (Å²) in [6, 6.07) is 4.96. The molecular formula is C16H25BFNO2. The van der Waals surface area contributed by atoms with Crippen molar-refractivity contribution in [3.8, 4) is 0 Å². The first kappa shape index (κ1) is 16.5.